The summed E-state index contributed by atoms with van der Waals surface area (Å²) < 4.78 is 4.84. The third-order valence-corrected chi connectivity index (χ3v) is 2.89. The van der Waals surface area contributed by atoms with E-state index >= 15 is 0 Å². The van der Waals surface area contributed by atoms with Crippen molar-refractivity contribution in [2.45, 2.75) is 37.9 Å². The van der Waals surface area contributed by atoms with E-state index in [0.717, 1.165) is 24.5 Å². The highest BCUT2D eigenvalue weighted by molar-refractivity contribution is 8.07. The smallest absolute Gasteiger partial charge is 0.305 e. The van der Waals surface area contributed by atoms with Crippen molar-refractivity contribution in [3.63, 3.8) is 0 Å². The van der Waals surface area contributed by atoms with Crippen LogP contribution in [0.5, 0.6) is 0 Å². The fourth-order valence-corrected chi connectivity index (χ4v) is 1.62. The summed E-state index contributed by atoms with van der Waals surface area (Å²) in [5.74, 6) is 1.23. The van der Waals surface area contributed by atoms with Crippen molar-refractivity contribution < 1.29 is 9.53 Å². The second kappa shape index (κ2) is 6.93. The number of rotatable bonds is 7. The lowest BCUT2D eigenvalue weighted by Gasteiger charge is -1.99. The third kappa shape index (κ3) is 6.08. The Morgan fingerprint density at radius 3 is 3.00 bits per heavy atom. The van der Waals surface area contributed by atoms with E-state index in [-0.39, 0.29) is 5.97 Å². The number of carbonyl (C=O) groups is 1. The Morgan fingerprint density at radius 2 is 2.36 bits per heavy atom. The lowest BCUT2D eigenvalue weighted by molar-refractivity contribution is -0.143. The number of unbranched alkanes of at least 4 members (excludes halogenated alkanes) is 2. The fourth-order valence-electron chi connectivity index (χ4n) is 1.18. The lowest BCUT2D eigenvalue weighted by atomic mass is 10.2. The van der Waals surface area contributed by atoms with E-state index in [4.69, 9.17) is 4.74 Å². The zero-order valence-electron chi connectivity index (χ0n) is 8.70. The maximum Gasteiger partial charge on any atom is 0.305 e. The van der Waals surface area contributed by atoms with Crippen molar-refractivity contribution in [1.82, 2.24) is 0 Å². The zero-order valence-corrected chi connectivity index (χ0v) is 9.52. The van der Waals surface area contributed by atoms with E-state index in [9.17, 15) is 4.79 Å². The number of thioether (sulfide) groups is 1. The Bertz CT molecular complexity index is 197. The van der Waals surface area contributed by atoms with Crippen LogP contribution >= 0.6 is 11.8 Å². The summed E-state index contributed by atoms with van der Waals surface area (Å²) >= 11 is 1.98. The van der Waals surface area contributed by atoms with Gasteiger partial charge in [0.25, 0.3) is 0 Å². The number of ether oxygens (including phenoxy) is 1. The zero-order chi connectivity index (χ0) is 10.2. The Kier molecular flexibility index (Phi) is 5.76. The lowest BCUT2D eigenvalue weighted by Crippen LogP contribution is -2.02. The van der Waals surface area contributed by atoms with Gasteiger partial charge in [0.2, 0.25) is 0 Å². The fraction of sp³-hybridized carbons (Fsp3) is 0.727. The molecule has 80 valence electrons. The molecule has 0 aromatic carbocycles. The van der Waals surface area contributed by atoms with Gasteiger partial charge in [-0.25, -0.2) is 0 Å². The SMILES string of the molecule is CCOC(=O)CCCCC=CC1CS1. The summed E-state index contributed by atoms with van der Waals surface area (Å²) in [5.41, 5.74) is 0. The van der Waals surface area contributed by atoms with Crippen LogP contribution < -0.4 is 0 Å². The summed E-state index contributed by atoms with van der Waals surface area (Å²) in [6.45, 7) is 2.34. The number of carbonyl (C=O) groups excluding carboxylic acids is 1. The van der Waals surface area contributed by atoms with Crippen LogP contribution in [0.4, 0.5) is 0 Å². The minimum atomic E-state index is -0.0609. The van der Waals surface area contributed by atoms with Gasteiger partial charge in [-0.3, -0.25) is 4.79 Å². The Balaban J connectivity index is 1.85. The summed E-state index contributed by atoms with van der Waals surface area (Å²) in [6.07, 6.45) is 8.20. The van der Waals surface area contributed by atoms with Gasteiger partial charge >= 0.3 is 5.97 Å². The van der Waals surface area contributed by atoms with E-state index in [0.29, 0.717) is 13.0 Å². The third-order valence-electron chi connectivity index (χ3n) is 2.02. The van der Waals surface area contributed by atoms with Crippen LogP contribution in [0.25, 0.3) is 0 Å². The van der Waals surface area contributed by atoms with Gasteiger partial charge < -0.3 is 4.74 Å². The second-order valence-corrected chi connectivity index (χ2v) is 4.62. The van der Waals surface area contributed by atoms with Crippen LogP contribution in [0, 0.1) is 0 Å². The molecule has 1 atom stereocenters. The minimum absolute atomic E-state index is 0.0609. The molecule has 0 aromatic heterocycles. The molecule has 0 bridgehead atoms. The molecule has 0 radical (unpaired) electrons. The van der Waals surface area contributed by atoms with Gasteiger partial charge in [0.1, 0.15) is 0 Å². The summed E-state index contributed by atoms with van der Waals surface area (Å²) in [4.78, 5) is 11.0. The molecule has 14 heavy (non-hydrogen) atoms. The molecular weight excluding hydrogens is 196 g/mol. The normalized spacial score (nSPS) is 19.9. The maximum absolute atomic E-state index is 11.0. The van der Waals surface area contributed by atoms with E-state index in [1.54, 1.807) is 0 Å². The van der Waals surface area contributed by atoms with Crippen molar-refractivity contribution in [3.05, 3.63) is 12.2 Å². The highest BCUT2D eigenvalue weighted by atomic mass is 32.2. The molecule has 0 amide bonds. The molecular formula is C11H18O2S. The molecule has 0 aromatic rings. The number of hydrogen-bond acceptors (Lipinski definition) is 3. The van der Waals surface area contributed by atoms with Crippen molar-refractivity contribution >= 4 is 17.7 Å². The van der Waals surface area contributed by atoms with Crippen molar-refractivity contribution in [1.29, 1.82) is 0 Å². The maximum atomic E-state index is 11.0. The predicted molar refractivity (Wildman–Crippen MR) is 60.5 cm³/mol. The topological polar surface area (TPSA) is 26.3 Å². The van der Waals surface area contributed by atoms with E-state index in [1.807, 2.05) is 18.7 Å². The first-order valence-corrected chi connectivity index (χ1v) is 6.31. The van der Waals surface area contributed by atoms with Crippen LogP contribution in [-0.4, -0.2) is 23.6 Å². The molecule has 1 aliphatic heterocycles. The molecule has 1 heterocycles. The standard InChI is InChI=1S/C11H18O2S/c1-2-13-11(12)8-6-4-3-5-7-10-9-14-10/h5,7,10H,2-4,6,8-9H2,1H3. The first-order valence-electron chi connectivity index (χ1n) is 5.27. The molecule has 0 spiro atoms. The largest absolute Gasteiger partial charge is 0.466 e. The van der Waals surface area contributed by atoms with Gasteiger partial charge in [0, 0.05) is 17.4 Å². The van der Waals surface area contributed by atoms with Gasteiger partial charge in [-0.2, -0.15) is 11.8 Å². The van der Waals surface area contributed by atoms with E-state index in [1.165, 1.54) is 5.75 Å². The average molecular weight is 214 g/mol. The van der Waals surface area contributed by atoms with Gasteiger partial charge in [-0.05, 0) is 26.2 Å². The molecule has 1 saturated heterocycles. The van der Waals surface area contributed by atoms with E-state index < -0.39 is 0 Å². The molecule has 1 fully saturated rings. The van der Waals surface area contributed by atoms with Gasteiger partial charge in [0.05, 0.1) is 6.61 Å². The minimum Gasteiger partial charge on any atom is -0.466 e. The molecule has 0 N–H and O–H groups in total. The Labute approximate surface area is 90.1 Å². The number of esters is 1. The monoisotopic (exact) mass is 214 g/mol. The first-order chi connectivity index (χ1) is 6.83. The quantitative estimate of drug-likeness (QED) is 0.282. The van der Waals surface area contributed by atoms with Crippen molar-refractivity contribution in [2.75, 3.05) is 12.4 Å². The summed E-state index contributed by atoms with van der Waals surface area (Å²) in [5, 5.41) is 0.792. The highest BCUT2D eigenvalue weighted by Gasteiger charge is 2.17. The van der Waals surface area contributed by atoms with Gasteiger partial charge in [0.15, 0.2) is 0 Å². The van der Waals surface area contributed by atoms with Gasteiger partial charge in [-0.15, -0.1) is 0 Å². The molecule has 3 heteroatoms. The Morgan fingerprint density at radius 1 is 1.57 bits per heavy atom. The number of allylic oxidation sites excluding steroid dienone is 1. The Hall–Kier alpha value is -0.440. The molecule has 1 aliphatic rings. The molecule has 1 unspecified atom stereocenters. The first kappa shape index (κ1) is 11.6. The van der Waals surface area contributed by atoms with Crippen LogP contribution in [0.15, 0.2) is 12.2 Å². The van der Waals surface area contributed by atoms with Gasteiger partial charge in [-0.1, -0.05) is 12.2 Å². The van der Waals surface area contributed by atoms with Crippen molar-refractivity contribution in [3.8, 4) is 0 Å². The highest BCUT2D eigenvalue weighted by Crippen LogP contribution is 2.31. The summed E-state index contributed by atoms with van der Waals surface area (Å²) in [7, 11) is 0. The molecule has 0 saturated carbocycles. The average Bonchev–Trinajstić information content (AvgIpc) is 2.95. The second-order valence-electron chi connectivity index (χ2n) is 3.35. The summed E-state index contributed by atoms with van der Waals surface area (Å²) in [6, 6.07) is 0. The predicted octanol–water partition coefficient (Wildman–Crippen LogP) is 2.78. The number of hydrogen-bond donors (Lipinski definition) is 0. The molecule has 1 rings (SSSR count). The molecule has 2 nitrogen and oxygen atoms in total. The van der Waals surface area contributed by atoms with Crippen LogP contribution in [-0.2, 0) is 9.53 Å². The molecule has 0 aliphatic carbocycles. The van der Waals surface area contributed by atoms with Crippen LogP contribution in [0.3, 0.4) is 0 Å². The van der Waals surface area contributed by atoms with Crippen LogP contribution in [0.1, 0.15) is 32.6 Å². The van der Waals surface area contributed by atoms with Crippen LogP contribution in [0.2, 0.25) is 0 Å². The van der Waals surface area contributed by atoms with Crippen molar-refractivity contribution in [2.24, 2.45) is 0 Å². The van der Waals surface area contributed by atoms with E-state index in [2.05, 4.69) is 12.2 Å².